The number of nitrogens with one attached hydrogen (secondary N) is 1. The van der Waals surface area contributed by atoms with Crippen LogP contribution < -0.4 is 5.32 Å². The Bertz CT molecular complexity index is 517. The van der Waals surface area contributed by atoms with E-state index >= 15 is 0 Å². The predicted molar refractivity (Wildman–Crippen MR) is 60.0 cm³/mol. The quantitative estimate of drug-likeness (QED) is 0.807. The van der Waals surface area contributed by atoms with Crippen molar-refractivity contribution in [1.82, 2.24) is 10.2 Å². The van der Waals surface area contributed by atoms with E-state index in [2.05, 4.69) is 5.32 Å². The van der Waals surface area contributed by atoms with Gasteiger partial charge in [-0.25, -0.2) is 8.78 Å². The first-order valence-corrected chi connectivity index (χ1v) is 5.51. The van der Waals surface area contributed by atoms with Gasteiger partial charge in [-0.15, -0.1) is 0 Å². The van der Waals surface area contributed by atoms with Crippen LogP contribution in [-0.4, -0.2) is 36.3 Å². The minimum atomic E-state index is -1.03. The van der Waals surface area contributed by atoms with Gasteiger partial charge in [-0.2, -0.15) is 0 Å². The van der Waals surface area contributed by atoms with E-state index in [1.807, 2.05) is 0 Å². The van der Waals surface area contributed by atoms with Crippen LogP contribution in [0.15, 0.2) is 12.1 Å². The Balaban J connectivity index is 2.29. The predicted octanol–water partition coefficient (Wildman–Crippen LogP) is 0.845. The number of carbonyl (C=O) groups excluding carboxylic acids is 2. The smallest absolute Gasteiger partial charge is 0.254 e. The van der Waals surface area contributed by atoms with Gasteiger partial charge < -0.3 is 10.2 Å². The normalized spacial score (nSPS) is 15.5. The van der Waals surface area contributed by atoms with Crippen molar-refractivity contribution >= 4 is 11.8 Å². The third-order valence-corrected chi connectivity index (χ3v) is 2.90. The number of halogens is 2. The number of amides is 2. The second-order valence-electron chi connectivity index (χ2n) is 4.11. The Hall–Kier alpha value is -1.98. The van der Waals surface area contributed by atoms with Gasteiger partial charge in [0.25, 0.3) is 5.91 Å². The summed E-state index contributed by atoms with van der Waals surface area (Å²) in [5.41, 5.74) is 0.0505. The van der Waals surface area contributed by atoms with E-state index in [0.717, 1.165) is 6.07 Å². The molecule has 1 saturated heterocycles. The Morgan fingerprint density at radius 1 is 1.39 bits per heavy atom. The summed E-state index contributed by atoms with van der Waals surface area (Å²) in [5.74, 6) is -2.72. The molecule has 0 unspecified atom stereocenters. The van der Waals surface area contributed by atoms with E-state index in [9.17, 15) is 18.4 Å². The van der Waals surface area contributed by atoms with Crippen LogP contribution in [-0.2, 0) is 4.79 Å². The molecule has 96 valence electrons. The van der Waals surface area contributed by atoms with Crippen LogP contribution >= 0.6 is 0 Å². The summed E-state index contributed by atoms with van der Waals surface area (Å²) in [6.45, 7) is 2.02. The van der Waals surface area contributed by atoms with Crippen molar-refractivity contribution in [3.8, 4) is 0 Å². The van der Waals surface area contributed by atoms with Crippen LogP contribution in [0.3, 0.4) is 0 Å². The van der Waals surface area contributed by atoms with Crippen molar-refractivity contribution in [2.24, 2.45) is 0 Å². The summed E-state index contributed by atoms with van der Waals surface area (Å²) in [7, 11) is 0. The van der Waals surface area contributed by atoms with Crippen LogP contribution in [0.1, 0.15) is 15.9 Å². The highest BCUT2D eigenvalue weighted by Crippen LogP contribution is 2.17. The van der Waals surface area contributed by atoms with Gasteiger partial charge in [0, 0.05) is 24.2 Å². The maximum absolute atomic E-state index is 13.4. The molecule has 18 heavy (non-hydrogen) atoms. The highest BCUT2D eigenvalue weighted by molar-refractivity contribution is 5.98. The van der Waals surface area contributed by atoms with Crippen molar-refractivity contribution in [2.75, 3.05) is 19.6 Å². The largest absolute Gasteiger partial charge is 0.353 e. The number of rotatable bonds is 1. The third-order valence-electron chi connectivity index (χ3n) is 2.90. The monoisotopic (exact) mass is 254 g/mol. The Kier molecular flexibility index (Phi) is 3.27. The second-order valence-corrected chi connectivity index (χ2v) is 4.11. The maximum atomic E-state index is 13.4. The van der Waals surface area contributed by atoms with E-state index in [4.69, 9.17) is 0 Å². The van der Waals surface area contributed by atoms with Crippen molar-refractivity contribution in [3.05, 3.63) is 34.9 Å². The fourth-order valence-electron chi connectivity index (χ4n) is 1.87. The first-order valence-electron chi connectivity index (χ1n) is 5.51. The summed E-state index contributed by atoms with van der Waals surface area (Å²) < 4.78 is 26.3. The van der Waals surface area contributed by atoms with Gasteiger partial charge in [-0.05, 0) is 19.1 Å². The summed E-state index contributed by atoms with van der Waals surface area (Å²) >= 11 is 0. The van der Waals surface area contributed by atoms with Crippen LogP contribution in [0.2, 0.25) is 0 Å². The first-order chi connectivity index (χ1) is 8.50. The summed E-state index contributed by atoms with van der Waals surface area (Å²) in [6, 6.07) is 2.15. The molecule has 0 radical (unpaired) electrons. The number of benzene rings is 1. The zero-order valence-electron chi connectivity index (χ0n) is 9.80. The van der Waals surface area contributed by atoms with Gasteiger partial charge in [0.2, 0.25) is 5.91 Å². The molecule has 0 saturated carbocycles. The molecule has 1 heterocycles. The van der Waals surface area contributed by atoms with Crippen molar-refractivity contribution < 1.29 is 18.4 Å². The summed E-state index contributed by atoms with van der Waals surface area (Å²) in [6.07, 6.45) is 0. The number of carbonyl (C=O) groups is 2. The van der Waals surface area contributed by atoms with Crippen LogP contribution in [0.25, 0.3) is 0 Å². The molecule has 0 aromatic heterocycles. The zero-order chi connectivity index (χ0) is 13.3. The maximum Gasteiger partial charge on any atom is 0.254 e. The van der Waals surface area contributed by atoms with Gasteiger partial charge in [-0.3, -0.25) is 9.59 Å². The summed E-state index contributed by atoms with van der Waals surface area (Å²) in [5, 5.41) is 2.59. The number of nitrogens with zero attached hydrogens (tertiary/aromatic N) is 1. The van der Waals surface area contributed by atoms with E-state index in [0.29, 0.717) is 13.1 Å². The highest BCUT2D eigenvalue weighted by Gasteiger charge is 2.24. The molecular weight excluding hydrogens is 242 g/mol. The molecule has 6 heteroatoms. The number of hydrogen-bond acceptors (Lipinski definition) is 2. The SMILES string of the molecule is Cc1c(C(=O)N2CCNC(=O)C2)ccc(F)c1F. The molecule has 1 aromatic carbocycles. The molecule has 0 bridgehead atoms. The topological polar surface area (TPSA) is 49.4 Å². The van der Waals surface area contributed by atoms with Crippen LogP contribution in [0.5, 0.6) is 0 Å². The van der Waals surface area contributed by atoms with Crippen molar-refractivity contribution in [1.29, 1.82) is 0 Å². The number of piperazine rings is 1. The Morgan fingerprint density at radius 3 is 2.78 bits per heavy atom. The zero-order valence-corrected chi connectivity index (χ0v) is 9.80. The molecule has 4 nitrogen and oxygen atoms in total. The lowest BCUT2D eigenvalue weighted by molar-refractivity contribution is -0.123. The van der Waals surface area contributed by atoms with E-state index in [1.165, 1.54) is 17.9 Å². The minimum absolute atomic E-state index is 0.0361. The fourth-order valence-corrected chi connectivity index (χ4v) is 1.87. The van der Waals surface area contributed by atoms with Crippen LogP contribution in [0.4, 0.5) is 8.78 Å². The average Bonchev–Trinajstić information content (AvgIpc) is 2.35. The average molecular weight is 254 g/mol. The van der Waals surface area contributed by atoms with Gasteiger partial charge >= 0.3 is 0 Å². The molecule has 2 rings (SSSR count). The summed E-state index contributed by atoms with van der Waals surface area (Å²) in [4.78, 5) is 24.6. The molecule has 0 atom stereocenters. The van der Waals surface area contributed by atoms with Gasteiger partial charge in [0.05, 0.1) is 6.54 Å². The second kappa shape index (κ2) is 4.72. The van der Waals surface area contributed by atoms with E-state index < -0.39 is 17.5 Å². The standard InChI is InChI=1S/C12H12F2N2O2/c1-7-8(2-3-9(13)11(7)14)12(18)16-5-4-15-10(17)6-16/h2-3H,4-6H2,1H3,(H,15,17). The Labute approximate surface area is 103 Å². The van der Waals surface area contributed by atoms with Gasteiger partial charge in [0.15, 0.2) is 11.6 Å². The minimum Gasteiger partial charge on any atom is -0.353 e. The van der Waals surface area contributed by atoms with E-state index in [1.54, 1.807) is 0 Å². The molecule has 0 spiro atoms. The van der Waals surface area contributed by atoms with Gasteiger partial charge in [0.1, 0.15) is 0 Å². The molecule has 1 N–H and O–H groups in total. The lowest BCUT2D eigenvalue weighted by Crippen LogP contribution is -2.50. The molecule has 1 aliphatic rings. The van der Waals surface area contributed by atoms with Crippen LogP contribution in [0, 0.1) is 18.6 Å². The molecule has 0 aliphatic carbocycles. The molecular formula is C12H12F2N2O2. The molecule has 1 fully saturated rings. The van der Waals surface area contributed by atoms with Crippen molar-refractivity contribution in [2.45, 2.75) is 6.92 Å². The Morgan fingerprint density at radius 2 is 2.11 bits per heavy atom. The van der Waals surface area contributed by atoms with Gasteiger partial charge in [-0.1, -0.05) is 0 Å². The lowest BCUT2D eigenvalue weighted by Gasteiger charge is -2.27. The lowest BCUT2D eigenvalue weighted by atomic mass is 10.1. The third kappa shape index (κ3) is 2.18. The fraction of sp³-hybridized carbons (Fsp3) is 0.333. The molecule has 1 aromatic rings. The number of hydrogen-bond donors (Lipinski definition) is 1. The molecule has 1 aliphatic heterocycles. The first kappa shape index (κ1) is 12.5. The highest BCUT2D eigenvalue weighted by atomic mass is 19.2. The van der Waals surface area contributed by atoms with E-state index in [-0.39, 0.29) is 23.6 Å². The molecule has 2 amide bonds. The van der Waals surface area contributed by atoms with Crippen molar-refractivity contribution in [3.63, 3.8) is 0 Å².